The molecule has 1 rings (SSSR count). The van der Waals surface area contributed by atoms with E-state index in [4.69, 9.17) is 5.21 Å². The summed E-state index contributed by atoms with van der Waals surface area (Å²) in [4.78, 5) is 23.8. The van der Waals surface area contributed by atoms with Crippen molar-refractivity contribution in [3.05, 3.63) is 36.0 Å². The quantitative estimate of drug-likeness (QED) is 0.304. The Hall–Kier alpha value is -2.21. The summed E-state index contributed by atoms with van der Waals surface area (Å²) in [6, 6.07) is 0. The fraction of sp³-hybridized carbons (Fsp3) is 0.438. The second-order valence-electron chi connectivity index (χ2n) is 5.67. The molecule has 6 heteroatoms. The average Bonchev–Trinajstić information content (AvgIpc) is 3.08. The summed E-state index contributed by atoms with van der Waals surface area (Å²) in [5.74, 6) is -0.905. The van der Waals surface area contributed by atoms with Crippen LogP contribution in [0.25, 0.3) is 0 Å². The first-order valence-electron chi connectivity index (χ1n) is 7.09. The molecule has 1 aliphatic rings. The van der Waals surface area contributed by atoms with Gasteiger partial charge in [0.1, 0.15) is 0 Å². The van der Waals surface area contributed by atoms with Crippen molar-refractivity contribution in [1.82, 2.24) is 10.9 Å². The number of allylic oxidation sites excluding steroid dienone is 6. The van der Waals surface area contributed by atoms with Crippen LogP contribution in [0.2, 0.25) is 0 Å². The molecule has 0 heterocycles. The molecule has 0 aliphatic heterocycles. The molecule has 0 saturated heterocycles. The fourth-order valence-corrected chi connectivity index (χ4v) is 2.28. The lowest BCUT2D eigenvalue weighted by Crippen LogP contribution is -2.37. The van der Waals surface area contributed by atoms with Crippen molar-refractivity contribution in [2.75, 3.05) is 0 Å². The van der Waals surface area contributed by atoms with Crippen LogP contribution >= 0.6 is 0 Å². The van der Waals surface area contributed by atoms with Gasteiger partial charge in [-0.25, -0.2) is 10.9 Å². The summed E-state index contributed by atoms with van der Waals surface area (Å²) in [5, 5.41) is 12.7. The Morgan fingerprint density at radius 2 is 1.77 bits per heavy atom. The van der Waals surface area contributed by atoms with E-state index in [1.807, 2.05) is 44.2 Å². The van der Waals surface area contributed by atoms with Crippen molar-refractivity contribution in [2.45, 2.75) is 34.1 Å². The van der Waals surface area contributed by atoms with Crippen LogP contribution in [0.15, 0.2) is 41.1 Å². The first-order valence-corrected chi connectivity index (χ1v) is 7.09. The molecular formula is C16H23N3O3. The van der Waals surface area contributed by atoms with Crippen LogP contribution in [0.1, 0.15) is 34.1 Å². The third-order valence-electron chi connectivity index (χ3n) is 4.12. The van der Waals surface area contributed by atoms with Gasteiger partial charge < -0.3 is 0 Å². The Morgan fingerprint density at radius 1 is 1.14 bits per heavy atom. The van der Waals surface area contributed by atoms with Crippen molar-refractivity contribution >= 4 is 18.0 Å². The lowest BCUT2D eigenvalue weighted by molar-refractivity contribution is -0.139. The van der Waals surface area contributed by atoms with Crippen LogP contribution in [0.5, 0.6) is 0 Å². The van der Waals surface area contributed by atoms with Gasteiger partial charge in [0.2, 0.25) is 11.8 Å². The minimum atomic E-state index is -0.908. The predicted molar refractivity (Wildman–Crippen MR) is 85.1 cm³/mol. The highest BCUT2D eigenvalue weighted by atomic mass is 16.5. The van der Waals surface area contributed by atoms with Crippen molar-refractivity contribution < 1.29 is 14.8 Å². The molecule has 0 aromatic carbocycles. The van der Waals surface area contributed by atoms with Gasteiger partial charge in [-0.2, -0.15) is 5.10 Å². The van der Waals surface area contributed by atoms with Crippen LogP contribution in [-0.2, 0) is 9.59 Å². The van der Waals surface area contributed by atoms with Crippen LogP contribution < -0.4 is 10.9 Å². The van der Waals surface area contributed by atoms with Gasteiger partial charge >= 0.3 is 0 Å². The number of amides is 2. The van der Waals surface area contributed by atoms with Crippen LogP contribution in [0.4, 0.5) is 0 Å². The Kier molecular flexibility index (Phi) is 5.82. The van der Waals surface area contributed by atoms with E-state index in [1.165, 1.54) is 6.21 Å². The largest absolute Gasteiger partial charge is 0.289 e. The second kappa shape index (κ2) is 7.17. The van der Waals surface area contributed by atoms with Crippen LogP contribution in [0.3, 0.4) is 0 Å². The Labute approximate surface area is 130 Å². The number of hydrogen-bond donors (Lipinski definition) is 3. The molecule has 0 bridgehead atoms. The molecule has 0 aromatic heterocycles. The van der Waals surface area contributed by atoms with Gasteiger partial charge in [-0.3, -0.25) is 14.8 Å². The molecule has 120 valence electrons. The maximum absolute atomic E-state index is 12.2. The van der Waals surface area contributed by atoms with Gasteiger partial charge in [0, 0.05) is 0 Å². The van der Waals surface area contributed by atoms with E-state index in [-0.39, 0.29) is 5.91 Å². The van der Waals surface area contributed by atoms with Gasteiger partial charge in [-0.05, 0) is 39.7 Å². The average molecular weight is 305 g/mol. The third kappa shape index (κ3) is 3.51. The van der Waals surface area contributed by atoms with Gasteiger partial charge in [0.15, 0.2) is 0 Å². The number of nitrogens with one attached hydrogen (secondary N) is 2. The van der Waals surface area contributed by atoms with Crippen molar-refractivity contribution in [1.29, 1.82) is 0 Å². The van der Waals surface area contributed by atoms with E-state index >= 15 is 0 Å². The fourth-order valence-electron chi connectivity index (χ4n) is 2.28. The van der Waals surface area contributed by atoms with Gasteiger partial charge in [-0.15, -0.1) is 0 Å². The lowest BCUT2D eigenvalue weighted by atomic mass is 9.95. The Balaban J connectivity index is 2.71. The number of hydrazone groups is 1. The van der Waals surface area contributed by atoms with Gasteiger partial charge in [0.25, 0.3) is 0 Å². The van der Waals surface area contributed by atoms with Crippen LogP contribution in [0, 0.1) is 10.8 Å². The van der Waals surface area contributed by atoms with E-state index in [2.05, 4.69) is 10.5 Å². The normalized spacial score (nSPS) is 28.5. The number of hydroxylamine groups is 1. The van der Waals surface area contributed by atoms with E-state index < -0.39 is 16.7 Å². The first-order chi connectivity index (χ1) is 10.4. The molecule has 22 heavy (non-hydrogen) atoms. The number of hydrogen-bond acceptors (Lipinski definition) is 4. The van der Waals surface area contributed by atoms with E-state index in [1.54, 1.807) is 19.3 Å². The van der Waals surface area contributed by atoms with E-state index in [0.717, 1.165) is 5.57 Å². The number of carbonyl (C=O) groups excluding carboxylic acids is 2. The first kappa shape index (κ1) is 17.8. The summed E-state index contributed by atoms with van der Waals surface area (Å²) in [7, 11) is 0. The monoisotopic (exact) mass is 305 g/mol. The van der Waals surface area contributed by atoms with Crippen molar-refractivity contribution in [3.8, 4) is 0 Å². The summed E-state index contributed by atoms with van der Waals surface area (Å²) in [6.07, 6.45) is 11.2. The zero-order valence-electron chi connectivity index (χ0n) is 13.4. The molecule has 6 nitrogen and oxygen atoms in total. The molecule has 2 amide bonds. The molecule has 0 spiro atoms. The minimum absolute atomic E-state index is 0.347. The number of rotatable bonds is 6. The number of nitrogens with zero attached hydrogens (tertiary/aromatic N) is 1. The van der Waals surface area contributed by atoms with Crippen molar-refractivity contribution in [2.24, 2.45) is 15.9 Å². The lowest BCUT2D eigenvalue weighted by Gasteiger charge is -2.14. The molecule has 0 radical (unpaired) electrons. The third-order valence-corrected chi connectivity index (χ3v) is 4.12. The molecule has 2 atom stereocenters. The highest BCUT2D eigenvalue weighted by Gasteiger charge is 2.70. The zero-order chi connectivity index (χ0) is 16.8. The standard InChI is InChI=1S/C16H23N3O3/c1-5-7-9-12(8-6-2)10-17-18-13(20)15(3)11-16(15,4)14(21)19-22/h5-10,22H,11H2,1-4H3,(H,18,20)(H,19,21)/b7-5-,8-6-,12-9+,17-10+. The van der Waals surface area contributed by atoms with E-state index in [0.29, 0.717) is 6.42 Å². The molecule has 1 fully saturated rings. The molecule has 3 N–H and O–H groups in total. The number of carbonyl (C=O) groups is 2. The summed E-state index contributed by atoms with van der Waals surface area (Å²) >= 11 is 0. The smallest absolute Gasteiger partial charge is 0.250 e. The maximum Gasteiger partial charge on any atom is 0.250 e. The minimum Gasteiger partial charge on any atom is -0.289 e. The second-order valence-corrected chi connectivity index (χ2v) is 5.67. The van der Waals surface area contributed by atoms with E-state index in [9.17, 15) is 9.59 Å². The molecule has 0 aromatic rings. The van der Waals surface area contributed by atoms with Crippen molar-refractivity contribution in [3.63, 3.8) is 0 Å². The van der Waals surface area contributed by atoms with Crippen LogP contribution in [-0.4, -0.2) is 23.2 Å². The Morgan fingerprint density at radius 3 is 2.32 bits per heavy atom. The maximum atomic E-state index is 12.2. The molecule has 1 saturated carbocycles. The summed E-state index contributed by atoms with van der Waals surface area (Å²) < 4.78 is 0. The molecular weight excluding hydrogens is 282 g/mol. The summed E-state index contributed by atoms with van der Waals surface area (Å²) in [5.41, 5.74) is 3.12. The highest BCUT2D eigenvalue weighted by Crippen LogP contribution is 2.63. The molecule has 1 aliphatic carbocycles. The Bertz CT molecular complexity index is 563. The van der Waals surface area contributed by atoms with Gasteiger partial charge in [-0.1, -0.05) is 30.4 Å². The van der Waals surface area contributed by atoms with Gasteiger partial charge in [0.05, 0.1) is 17.0 Å². The zero-order valence-corrected chi connectivity index (χ0v) is 13.4. The SMILES string of the molecule is C\C=C/C=C(\C=C/C)/C=N/NC(=O)C1(C)CC1(C)C(=O)NO. The topological polar surface area (TPSA) is 90.8 Å². The summed E-state index contributed by atoms with van der Waals surface area (Å²) in [6.45, 7) is 7.11. The predicted octanol–water partition coefficient (Wildman–Crippen LogP) is 2.09. The molecule has 2 unspecified atom stereocenters. The highest BCUT2D eigenvalue weighted by molar-refractivity contribution is 5.98.